The van der Waals surface area contributed by atoms with Crippen molar-refractivity contribution in [1.29, 1.82) is 0 Å². The second-order valence-corrected chi connectivity index (χ2v) is 7.26. The van der Waals surface area contributed by atoms with Crippen LogP contribution in [0.25, 0.3) is 0 Å². The molecule has 0 spiro atoms. The van der Waals surface area contributed by atoms with Crippen molar-refractivity contribution in [1.82, 2.24) is 10.2 Å². The van der Waals surface area contributed by atoms with E-state index in [1.165, 1.54) is 0 Å². The van der Waals surface area contributed by atoms with Gasteiger partial charge in [0.05, 0.1) is 18.8 Å². The molecule has 1 aromatic rings. The first-order chi connectivity index (χ1) is 12.8. The first kappa shape index (κ1) is 20.1. The van der Waals surface area contributed by atoms with Crippen LogP contribution in [-0.2, 0) is 10.9 Å². The lowest BCUT2D eigenvalue weighted by Gasteiger charge is -2.48. The summed E-state index contributed by atoms with van der Waals surface area (Å²) in [6, 6.07) is 2.35. The number of alkyl halides is 3. The van der Waals surface area contributed by atoms with Gasteiger partial charge in [0, 0.05) is 30.7 Å². The minimum absolute atomic E-state index is 0.184. The van der Waals surface area contributed by atoms with Crippen LogP contribution in [0.3, 0.4) is 0 Å². The number of ether oxygens (including phenoxy) is 1. The number of carbonyl (C=O) groups excluding carboxylic acids is 1. The summed E-state index contributed by atoms with van der Waals surface area (Å²) in [7, 11) is 0. The Hall–Kier alpha value is -1.67. The highest BCUT2D eigenvalue weighted by Crippen LogP contribution is 2.34. The van der Waals surface area contributed by atoms with Gasteiger partial charge in [-0.2, -0.15) is 13.2 Å². The van der Waals surface area contributed by atoms with E-state index in [0.717, 1.165) is 51.3 Å². The fourth-order valence-corrected chi connectivity index (χ4v) is 4.08. The van der Waals surface area contributed by atoms with E-state index in [9.17, 15) is 22.4 Å². The van der Waals surface area contributed by atoms with Crippen LogP contribution in [0.5, 0.6) is 0 Å². The normalized spacial score (nSPS) is 21.0. The number of hydrogen-bond donors (Lipinski definition) is 1. The molecule has 1 amide bonds. The van der Waals surface area contributed by atoms with Gasteiger partial charge in [0.2, 0.25) is 0 Å². The molecule has 3 rings (SSSR count). The van der Waals surface area contributed by atoms with Gasteiger partial charge in [0.1, 0.15) is 5.82 Å². The second kappa shape index (κ2) is 8.14. The number of halogens is 4. The van der Waals surface area contributed by atoms with Crippen LogP contribution in [-0.4, -0.2) is 49.2 Å². The Morgan fingerprint density at radius 1 is 1.15 bits per heavy atom. The molecule has 1 saturated heterocycles. The van der Waals surface area contributed by atoms with Crippen molar-refractivity contribution in [2.24, 2.45) is 0 Å². The third-order valence-electron chi connectivity index (χ3n) is 5.58. The van der Waals surface area contributed by atoms with Crippen molar-refractivity contribution < 1.29 is 27.1 Å². The number of carbonyl (C=O) groups is 1. The smallest absolute Gasteiger partial charge is 0.379 e. The molecule has 0 bridgehead atoms. The van der Waals surface area contributed by atoms with Gasteiger partial charge >= 0.3 is 6.18 Å². The number of nitrogens with zero attached hydrogens (tertiary/aromatic N) is 1. The Bertz CT molecular complexity index is 666. The Morgan fingerprint density at radius 2 is 1.81 bits per heavy atom. The van der Waals surface area contributed by atoms with Gasteiger partial charge in [-0.1, -0.05) is 19.3 Å². The maximum atomic E-state index is 13.4. The highest BCUT2D eigenvalue weighted by atomic mass is 19.4. The molecule has 1 heterocycles. The summed E-state index contributed by atoms with van der Waals surface area (Å²) in [6.45, 7) is 3.21. The maximum Gasteiger partial charge on any atom is 0.419 e. The molecular formula is C19H24F4N2O2. The zero-order valence-electron chi connectivity index (χ0n) is 15.1. The Balaban J connectivity index is 1.73. The topological polar surface area (TPSA) is 41.6 Å². The summed E-state index contributed by atoms with van der Waals surface area (Å²) in [4.78, 5) is 14.8. The van der Waals surface area contributed by atoms with Crippen LogP contribution in [0.15, 0.2) is 18.2 Å². The van der Waals surface area contributed by atoms with E-state index in [2.05, 4.69) is 10.2 Å². The monoisotopic (exact) mass is 388 g/mol. The molecule has 0 atom stereocenters. The van der Waals surface area contributed by atoms with E-state index < -0.39 is 23.5 Å². The Labute approximate surface area is 155 Å². The molecule has 0 radical (unpaired) electrons. The van der Waals surface area contributed by atoms with Crippen molar-refractivity contribution >= 4 is 5.91 Å². The van der Waals surface area contributed by atoms with E-state index in [-0.39, 0.29) is 11.1 Å². The summed E-state index contributed by atoms with van der Waals surface area (Å²) >= 11 is 0. The van der Waals surface area contributed by atoms with Crippen molar-refractivity contribution in [3.8, 4) is 0 Å². The van der Waals surface area contributed by atoms with E-state index in [4.69, 9.17) is 4.74 Å². The van der Waals surface area contributed by atoms with Crippen molar-refractivity contribution in [3.63, 3.8) is 0 Å². The minimum Gasteiger partial charge on any atom is -0.379 e. The van der Waals surface area contributed by atoms with Crippen molar-refractivity contribution in [3.05, 3.63) is 35.1 Å². The number of benzene rings is 1. The lowest BCUT2D eigenvalue weighted by atomic mass is 9.79. The second-order valence-electron chi connectivity index (χ2n) is 7.26. The van der Waals surface area contributed by atoms with E-state index in [1.54, 1.807) is 0 Å². The molecule has 1 N–H and O–H groups in total. The maximum absolute atomic E-state index is 13.4. The van der Waals surface area contributed by atoms with Gasteiger partial charge in [-0.15, -0.1) is 0 Å². The van der Waals surface area contributed by atoms with Gasteiger partial charge < -0.3 is 10.1 Å². The summed E-state index contributed by atoms with van der Waals surface area (Å²) in [5.74, 6) is -1.99. The van der Waals surface area contributed by atoms with E-state index in [0.29, 0.717) is 31.9 Å². The third-order valence-corrected chi connectivity index (χ3v) is 5.58. The summed E-state index contributed by atoms with van der Waals surface area (Å²) < 4.78 is 57.5. The zero-order chi connectivity index (χ0) is 19.5. The van der Waals surface area contributed by atoms with Gasteiger partial charge in [0.15, 0.2) is 0 Å². The SMILES string of the molecule is O=C(NCC1(N2CCOCC2)CCCCC1)c1ccc(F)c(C(F)(F)F)c1. The van der Waals surface area contributed by atoms with Crippen LogP contribution in [0, 0.1) is 5.82 Å². The van der Waals surface area contributed by atoms with Gasteiger partial charge in [-0.05, 0) is 31.0 Å². The van der Waals surface area contributed by atoms with Crippen LogP contribution in [0.2, 0.25) is 0 Å². The molecule has 1 aromatic carbocycles. The van der Waals surface area contributed by atoms with E-state index >= 15 is 0 Å². The fourth-order valence-electron chi connectivity index (χ4n) is 4.08. The molecule has 1 aliphatic heterocycles. The summed E-state index contributed by atoms with van der Waals surface area (Å²) in [5, 5.41) is 2.79. The molecular weight excluding hydrogens is 364 g/mol. The lowest BCUT2D eigenvalue weighted by molar-refractivity contribution is -0.140. The molecule has 27 heavy (non-hydrogen) atoms. The van der Waals surface area contributed by atoms with Gasteiger partial charge in [0.25, 0.3) is 5.91 Å². The third kappa shape index (κ3) is 4.60. The molecule has 150 valence electrons. The zero-order valence-corrected chi connectivity index (χ0v) is 15.1. The molecule has 2 fully saturated rings. The number of amides is 1. The molecule has 1 saturated carbocycles. The molecule has 0 unspecified atom stereocenters. The molecule has 2 aliphatic rings. The summed E-state index contributed by atoms with van der Waals surface area (Å²) in [6.07, 6.45) is 0.296. The molecule has 1 aliphatic carbocycles. The predicted octanol–water partition coefficient (Wildman–Crippen LogP) is 3.61. The fraction of sp³-hybridized carbons (Fsp3) is 0.632. The van der Waals surface area contributed by atoms with Crippen LogP contribution >= 0.6 is 0 Å². The number of rotatable bonds is 4. The first-order valence-electron chi connectivity index (χ1n) is 9.30. The number of morpholine rings is 1. The minimum atomic E-state index is -4.83. The number of hydrogen-bond acceptors (Lipinski definition) is 3. The van der Waals surface area contributed by atoms with E-state index in [1.807, 2.05) is 0 Å². The quantitative estimate of drug-likeness (QED) is 0.802. The molecule has 8 heteroatoms. The first-order valence-corrected chi connectivity index (χ1v) is 9.30. The van der Waals surface area contributed by atoms with Gasteiger partial charge in [-0.25, -0.2) is 4.39 Å². The van der Waals surface area contributed by atoms with Crippen molar-refractivity contribution in [2.45, 2.75) is 43.8 Å². The summed E-state index contributed by atoms with van der Waals surface area (Å²) in [5.41, 5.74) is -1.79. The Morgan fingerprint density at radius 3 is 2.44 bits per heavy atom. The largest absolute Gasteiger partial charge is 0.419 e. The standard InChI is InChI=1S/C19H24F4N2O2/c20-16-5-4-14(12-15(16)19(21,22)23)17(26)24-13-18(6-2-1-3-7-18)25-8-10-27-11-9-25/h4-5,12H,1-3,6-11,13H2,(H,24,26). The number of nitrogens with one attached hydrogen (secondary N) is 1. The van der Waals surface area contributed by atoms with Crippen molar-refractivity contribution in [2.75, 3.05) is 32.8 Å². The molecule has 0 aromatic heterocycles. The van der Waals surface area contributed by atoms with Gasteiger partial charge in [-0.3, -0.25) is 9.69 Å². The Kier molecular flexibility index (Phi) is 6.05. The predicted molar refractivity (Wildman–Crippen MR) is 91.9 cm³/mol. The van der Waals surface area contributed by atoms with Crippen LogP contribution in [0.4, 0.5) is 17.6 Å². The molecule has 4 nitrogen and oxygen atoms in total. The average molecular weight is 388 g/mol. The highest BCUT2D eigenvalue weighted by Gasteiger charge is 2.39. The van der Waals surface area contributed by atoms with Crippen LogP contribution in [0.1, 0.15) is 48.0 Å². The average Bonchev–Trinajstić information content (AvgIpc) is 2.67. The van der Waals surface area contributed by atoms with Crippen LogP contribution < -0.4 is 5.32 Å². The lowest BCUT2D eigenvalue weighted by Crippen LogP contribution is -2.59. The highest BCUT2D eigenvalue weighted by molar-refractivity contribution is 5.94.